The number of aryl methyl sites for hydroxylation is 2. The van der Waals surface area contributed by atoms with E-state index in [4.69, 9.17) is 4.43 Å². The highest BCUT2D eigenvalue weighted by Gasteiger charge is 2.18. The van der Waals surface area contributed by atoms with Crippen LogP contribution >= 0.6 is 0 Å². The van der Waals surface area contributed by atoms with Crippen LogP contribution in [0.4, 0.5) is 0 Å². The van der Waals surface area contributed by atoms with E-state index in [0.717, 1.165) is 17.3 Å². The Kier molecular flexibility index (Phi) is 2.70. The molecule has 0 amide bonds. The van der Waals surface area contributed by atoms with Crippen LogP contribution in [0, 0.1) is 13.8 Å². The summed E-state index contributed by atoms with van der Waals surface area (Å²) in [5, 5.41) is 0. The van der Waals surface area contributed by atoms with Gasteiger partial charge in [-0.3, -0.25) is 0 Å². The smallest absolute Gasteiger partial charge is 0.244 e. The van der Waals surface area contributed by atoms with Crippen molar-refractivity contribution in [2.24, 2.45) is 0 Å². The van der Waals surface area contributed by atoms with Gasteiger partial charge in [0, 0.05) is 11.8 Å². The fourth-order valence-electron chi connectivity index (χ4n) is 0.903. The highest BCUT2D eigenvalue weighted by molar-refractivity contribution is 6.70. The average Bonchev–Trinajstić information content (AvgIpc) is 1.94. The van der Waals surface area contributed by atoms with Gasteiger partial charge in [-0.1, -0.05) is 0 Å². The standard InChI is InChI=1S/C9H16N2OSi/c1-7-6-10-8(2)11-9(7)12-13(3,4)5/h6H,1-5H3. The summed E-state index contributed by atoms with van der Waals surface area (Å²) in [6.45, 7) is 10.3. The summed E-state index contributed by atoms with van der Waals surface area (Å²) < 4.78 is 5.80. The second-order valence-electron chi connectivity index (χ2n) is 4.12. The molecule has 0 aliphatic heterocycles. The highest BCUT2D eigenvalue weighted by Crippen LogP contribution is 2.17. The molecule has 1 rings (SSSR count). The van der Waals surface area contributed by atoms with E-state index in [0.29, 0.717) is 0 Å². The molecule has 0 aliphatic carbocycles. The second-order valence-corrected chi connectivity index (χ2v) is 8.55. The van der Waals surface area contributed by atoms with E-state index in [1.165, 1.54) is 0 Å². The zero-order valence-corrected chi connectivity index (χ0v) is 9.88. The Bertz CT molecular complexity index is 307. The molecule has 0 atom stereocenters. The quantitative estimate of drug-likeness (QED) is 0.681. The molecule has 0 aliphatic rings. The van der Waals surface area contributed by atoms with E-state index in [1.807, 2.05) is 13.8 Å². The number of nitrogens with zero attached hydrogens (tertiary/aromatic N) is 2. The minimum atomic E-state index is -1.54. The van der Waals surface area contributed by atoms with Gasteiger partial charge in [-0.25, -0.2) is 4.98 Å². The SMILES string of the molecule is Cc1ncc(C)c(O[Si](C)(C)C)n1. The van der Waals surface area contributed by atoms with Crippen LogP contribution in [0.3, 0.4) is 0 Å². The maximum Gasteiger partial charge on any atom is 0.244 e. The fourth-order valence-corrected chi connectivity index (χ4v) is 1.69. The Labute approximate surface area is 80.3 Å². The summed E-state index contributed by atoms with van der Waals surface area (Å²) in [4.78, 5) is 8.35. The summed E-state index contributed by atoms with van der Waals surface area (Å²) in [6.07, 6.45) is 1.80. The van der Waals surface area contributed by atoms with Gasteiger partial charge in [0.1, 0.15) is 5.82 Å². The van der Waals surface area contributed by atoms with Gasteiger partial charge in [0.15, 0.2) is 0 Å². The molecule has 0 unspecified atom stereocenters. The van der Waals surface area contributed by atoms with Gasteiger partial charge in [-0.2, -0.15) is 4.98 Å². The molecule has 13 heavy (non-hydrogen) atoms. The lowest BCUT2D eigenvalue weighted by Gasteiger charge is -2.19. The first kappa shape index (κ1) is 10.2. The third kappa shape index (κ3) is 3.14. The number of hydrogen-bond donors (Lipinski definition) is 0. The van der Waals surface area contributed by atoms with E-state index in [2.05, 4.69) is 29.6 Å². The van der Waals surface area contributed by atoms with Crippen molar-refractivity contribution in [3.63, 3.8) is 0 Å². The van der Waals surface area contributed by atoms with Crippen LogP contribution in [-0.4, -0.2) is 18.3 Å². The number of rotatable bonds is 2. The molecule has 1 aromatic rings. The van der Waals surface area contributed by atoms with E-state index < -0.39 is 8.32 Å². The monoisotopic (exact) mass is 196 g/mol. The van der Waals surface area contributed by atoms with Crippen LogP contribution in [-0.2, 0) is 0 Å². The summed E-state index contributed by atoms with van der Waals surface area (Å²) in [5.41, 5.74) is 1.01. The molecular weight excluding hydrogens is 180 g/mol. The molecule has 3 nitrogen and oxygen atoms in total. The van der Waals surface area contributed by atoms with Crippen molar-refractivity contribution in [1.29, 1.82) is 0 Å². The molecule has 72 valence electrons. The Morgan fingerprint density at radius 2 is 1.85 bits per heavy atom. The molecule has 0 radical (unpaired) electrons. The van der Waals surface area contributed by atoms with Crippen molar-refractivity contribution in [2.75, 3.05) is 0 Å². The number of hydrogen-bond acceptors (Lipinski definition) is 3. The predicted molar refractivity (Wildman–Crippen MR) is 55.5 cm³/mol. The molecule has 1 heterocycles. The van der Waals surface area contributed by atoms with Crippen LogP contribution in [0.1, 0.15) is 11.4 Å². The lowest BCUT2D eigenvalue weighted by Crippen LogP contribution is -2.30. The van der Waals surface area contributed by atoms with Crippen molar-refractivity contribution in [3.05, 3.63) is 17.6 Å². The number of aromatic nitrogens is 2. The van der Waals surface area contributed by atoms with E-state index in [1.54, 1.807) is 6.20 Å². The zero-order chi connectivity index (χ0) is 10.1. The lowest BCUT2D eigenvalue weighted by molar-refractivity contribution is 0.524. The Hall–Kier alpha value is -0.903. The van der Waals surface area contributed by atoms with Gasteiger partial charge in [0.2, 0.25) is 14.2 Å². The largest absolute Gasteiger partial charge is 0.531 e. The molecule has 4 heteroatoms. The Morgan fingerprint density at radius 1 is 1.23 bits per heavy atom. The van der Waals surface area contributed by atoms with Crippen LogP contribution < -0.4 is 4.43 Å². The molecule has 0 N–H and O–H groups in total. The van der Waals surface area contributed by atoms with E-state index >= 15 is 0 Å². The third-order valence-electron chi connectivity index (χ3n) is 1.45. The van der Waals surface area contributed by atoms with Crippen molar-refractivity contribution in [1.82, 2.24) is 9.97 Å². The molecule has 0 saturated carbocycles. The van der Waals surface area contributed by atoms with Crippen molar-refractivity contribution >= 4 is 8.32 Å². The molecule has 0 fully saturated rings. The normalized spacial score (nSPS) is 11.5. The van der Waals surface area contributed by atoms with Crippen LogP contribution in [0.15, 0.2) is 6.20 Å². The molecule has 0 bridgehead atoms. The highest BCUT2D eigenvalue weighted by atomic mass is 28.4. The molecule has 0 saturated heterocycles. The zero-order valence-electron chi connectivity index (χ0n) is 8.88. The molecule has 0 spiro atoms. The van der Waals surface area contributed by atoms with Crippen LogP contribution in [0.5, 0.6) is 5.88 Å². The third-order valence-corrected chi connectivity index (χ3v) is 2.25. The Morgan fingerprint density at radius 3 is 2.38 bits per heavy atom. The maximum absolute atomic E-state index is 5.80. The summed E-state index contributed by atoms with van der Waals surface area (Å²) in [7, 11) is -1.54. The predicted octanol–water partition coefficient (Wildman–Crippen LogP) is 2.31. The van der Waals surface area contributed by atoms with Crippen molar-refractivity contribution in [2.45, 2.75) is 33.5 Å². The first-order valence-corrected chi connectivity index (χ1v) is 7.78. The van der Waals surface area contributed by atoms with Gasteiger partial charge in [-0.05, 0) is 33.5 Å². The molecule has 0 aromatic carbocycles. The Balaban J connectivity index is 2.94. The molecule has 1 aromatic heterocycles. The topological polar surface area (TPSA) is 35.0 Å². The fraction of sp³-hybridized carbons (Fsp3) is 0.556. The van der Waals surface area contributed by atoms with Gasteiger partial charge in [-0.15, -0.1) is 0 Å². The lowest BCUT2D eigenvalue weighted by atomic mass is 10.4. The minimum Gasteiger partial charge on any atom is -0.531 e. The minimum absolute atomic E-state index is 0.742. The second kappa shape index (κ2) is 3.45. The summed E-state index contributed by atoms with van der Waals surface area (Å²) in [6, 6.07) is 0. The van der Waals surface area contributed by atoms with Crippen LogP contribution in [0.25, 0.3) is 0 Å². The van der Waals surface area contributed by atoms with E-state index in [-0.39, 0.29) is 0 Å². The van der Waals surface area contributed by atoms with Gasteiger partial charge in [0.05, 0.1) is 0 Å². The average molecular weight is 196 g/mol. The molecular formula is C9H16N2OSi. The van der Waals surface area contributed by atoms with Crippen molar-refractivity contribution in [3.8, 4) is 5.88 Å². The van der Waals surface area contributed by atoms with Gasteiger partial charge in [0.25, 0.3) is 0 Å². The first-order chi connectivity index (χ1) is 5.88. The van der Waals surface area contributed by atoms with Crippen molar-refractivity contribution < 1.29 is 4.43 Å². The first-order valence-electron chi connectivity index (χ1n) is 4.38. The van der Waals surface area contributed by atoms with Crippen LogP contribution in [0.2, 0.25) is 19.6 Å². The maximum atomic E-state index is 5.80. The summed E-state index contributed by atoms with van der Waals surface area (Å²) in [5.74, 6) is 1.51. The van der Waals surface area contributed by atoms with E-state index in [9.17, 15) is 0 Å². The summed E-state index contributed by atoms with van der Waals surface area (Å²) >= 11 is 0. The van der Waals surface area contributed by atoms with Gasteiger partial charge >= 0.3 is 0 Å². The van der Waals surface area contributed by atoms with Gasteiger partial charge < -0.3 is 4.43 Å².